The molecule has 18 heavy (non-hydrogen) atoms. The van der Waals surface area contributed by atoms with Crippen molar-refractivity contribution in [3.05, 3.63) is 18.1 Å². The summed E-state index contributed by atoms with van der Waals surface area (Å²) in [6, 6.07) is 0. The zero-order valence-corrected chi connectivity index (χ0v) is 10.7. The molecule has 1 aromatic rings. The first-order valence-electron chi connectivity index (χ1n) is 7.12. The second kappa shape index (κ2) is 3.92. The predicted molar refractivity (Wildman–Crippen MR) is 70.8 cm³/mol. The minimum atomic E-state index is 0.511. The monoisotopic (exact) mass is 244 g/mol. The average Bonchev–Trinajstić information content (AvgIpc) is 3.04. The second-order valence-electron chi connectivity index (χ2n) is 6.17. The van der Waals surface area contributed by atoms with Crippen molar-refractivity contribution in [2.75, 3.05) is 31.1 Å². The topological polar surface area (TPSA) is 41.1 Å². The Labute approximate surface area is 108 Å². The van der Waals surface area contributed by atoms with Crippen LogP contribution in [0.25, 0.3) is 0 Å². The molecule has 2 aliphatic heterocycles. The van der Waals surface area contributed by atoms with E-state index in [-0.39, 0.29) is 0 Å². The molecule has 4 nitrogen and oxygen atoms in total. The van der Waals surface area contributed by atoms with Crippen LogP contribution in [0.5, 0.6) is 0 Å². The van der Waals surface area contributed by atoms with Crippen LogP contribution in [0.3, 0.4) is 0 Å². The molecule has 0 aromatic carbocycles. The van der Waals surface area contributed by atoms with Crippen molar-refractivity contribution in [2.24, 2.45) is 5.41 Å². The lowest BCUT2D eigenvalue weighted by Gasteiger charge is -2.23. The van der Waals surface area contributed by atoms with Crippen LogP contribution < -0.4 is 10.2 Å². The molecule has 4 heteroatoms. The maximum atomic E-state index is 4.81. The first-order chi connectivity index (χ1) is 8.85. The Hall–Kier alpha value is -1.16. The van der Waals surface area contributed by atoms with Gasteiger partial charge in [0, 0.05) is 37.2 Å². The molecule has 0 bridgehead atoms. The van der Waals surface area contributed by atoms with Gasteiger partial charge in [-0.3, -0.25) is 4.98 Å². The molecule has 1 saturated carbocycles. The number of anilines is 1. The van der Waals surface area contributed by atoms with Crippen LogP contribution in [0.2, 0.25) is 0 Å². The van der Waals surface area contributed by atoms with E-state index in [2.05, 4.69) is 15.2 Å². The van der Waals surface area contributed by atoms with Gasteiger partial charge in [0.15, 0.2) is 0 Å². The molecule has 96 valence electrons. The highest BCUT2D eigenvalue weighted by Crippen LogP contribution is 2.40. The third kappa shape index (κ3) is 1.79. The zero-order chi connectivity index (χ0) is 12.0. The largest absolute Gasteiger partial charge is 0.355 e. The molecular weight excluding hydrogens is 224 g/mol. The Morgan fingerprint density at radius 3 is 3.00 bits per heavy atom. The first kappa shape index (κ1) is 10.7. The van der Waals surface area contributed by atoms with E-state index in [0.717, 1.165) is 18.9 Å². The highest BCUT2D eigenvalue weighted by atomic mass is 15.2. The minimum Gasteiger partial charge on any atom is -0.355 e. The number of nitrogens with one attached hydrogen (secondary N) is 1. The van der Waals surface area contributed by atoms with E-state index in [0.29, 0.717) is 11.3 Å². The Bertz CT molecular complexity index is 449. The van der Waals surface area contributed by atoms with E-state index in [4.69, 9.17) is 4.98 Å². The summed E-state index contributed by atoms with van der Waals surface area (Å²) in [5, 5.41) is 3.50. The molecule has 1 atom stereocenters. The van der Waals surface area contributed by atoms with Gasteiger partial charge in [-0.1, -0.05) is 0 Å². The highest BCUT2D eigenvalue weighted by Gasteiger charge is 2.40. The Balaban J connectivity index is 1.55. The number of aromatic nitrogens is 2. The molecule has 1 aromatic heterocycles. The van der Waals surface area contributed by atoms with Gasteiger partial charge in [0.2, 0.25) is 0 Å². The second-order valence-corrected chi connectivity index (χ2v) is 6.17. The molecule has 2 saturated heterocycles. The quantitative estimate of drug-likeness (QED) is 0.857. The number of rotatable bonds is 2. The lowest BCUT2D eigenvalue weighted by Crippen LogP contribution is -2.29. The molecule has 0 radical (unpaired) electrons. The third-order valence-electron chi connectivity index (χ3n) is 4.73. The van der Waals surface area contributed by atoms with Gasteiger partial charge in [-0.2, -0.15) is 0 Å². The third-order valence-corrected chi connectivity index (χ3v) is 4.73. The molecule has 1 aliphatic carbocycles. The van der Waals surface area contributed by atoms with Crippen LogP contribution in [0.15, 0.2) is 12.4 Å². The predicted octanol–water partition coefficient (Wildman–Crippen LogP) is 1.54. The van der Waals surface area contributed by atoms with Crippen LogP contribution in [-0.2, 0) is 0 Å². The smallest absolute Gasteiger partial charge is 0.147 e. The van der Waals surface area contributed by atoms with E-state index in [9.17, 15) is 0 Å². The number of hydrogen-bond acceptors (Lipinski definition) is 4. The number of hydrogen-bond donors (Lipinski definition) is 1. The van der Waals surface area contributed by atoms with Crippen molar-refractivity contribution in [2.45, 2.75) is 31.6 Å². The van der Waals surface area contributed by atoms with Crippen molar-refractivity contribution in [3.63, 3.8) is 0 Å². The van der Waals surface area contributed by atoms with Crippen molar-refractivity contribution >= 4 is 5.82 Å². The fourth-order valence-electron chi connectivity index (χ4n) is 3.37. The van der Waals surface area contributed by atoms with Gasteiger partial charge in [0.25, 0.3) is 0 Å². The van der Waals surface area contributed by atoms with E-state index in [1.54, 1.807) is 0 Å². The summed E-state index contributed by atoms with van der Waals surface area (Å²) in [6.45, 7) is 4.66. The van der Waals surface area contributed by atoms with Crippen LogP contribution in [0.1, 0.15) is 37.3 Å². The molecular formula is C14H20N4. The van der Waals surface area contributed by atoms with Crippen molar-refractivity contribution in [1.82, 2.24) is 15.3 Å². The SMILES string of the molecule is c1ncc(N2CCC3(CCNC3)C2)nc1C1CC1. The van der Waals surface area contributed by atoms with E-state index < -0.39 is 0 Å². The summed E-state index contributed by atoms with van der Waals surface area (Å²) in [5.41, 5.74) is 1.72. The Kier molecular flexibility index (Phi) is 2.34. The first-order valence-corrected chi connectivity index (χ1v) is 7.12. The summed E-state index contributed by atoms with van der Waals surface area (Å²) in [4.78, 5) is 11.6. The summed E-state index contributed by atoms with van der Waals surface area (Å²) < 4.78 is 0. The summed E-state index contributed by atoms with van der Waals surface area (Å²) in [5.74, 6) is 1.80. The van der Waals surface area contributed by atoms with Gasteiger partial charge in [0.1, 0.15) is 5.82 Å². The van der Waals surface area contributed by atoms with E-state index >= 15 is 0 Å². The fraction of sp³-hybridized carbons (Fsp3) is 0.714. The molecule has 3 fully saturated rings. The van der Waals surface area contributed by atoms with E-state index in [1.165, 1.54) is 44.5 Å². The Morgan fingerprint density at radius 2 is 2.22 bits per heavy atom. The van der Waals surface area contributed by atoms with Crippen LogP contribution in [-0.4, -0.2) is 36.1 Å². The molecule has 3 aliphatic rings. The lowest BCUT2D eigenvalue weighted by atomic mass is 9.87. The average molecular weight is 244 g/mol. The van der Waals surface area contributed by atoms with Crippen molar-refractivity contribution < 1.29 is 0 Å². The maximum absolute atomic E-state index is 4.81. The van der Waals surface area contributed by atoms with Gasteiger partial charge in [-0.05, 0) is 32.2 Å². The van der Waals surface area contributed by atoms with Crippen LogP contribution in [0.4, 0.5) is 5.82 Å². The van der Waals surface area contributed by atoms with Crippen molar-refractivity contribution in [3.8, 4) is 0 Å². The molecule has 0 amide bonds. The van der Waals surface area contributed by atoms with Gasteiger partial charge in [-0.15, -0.1) is 0 Å². The molecule has 1 N–H and O–H groups in total. The van der Waals surface area contributed by atoms with Gasteiger partial charge in [0.05, 0.1) is 11.9 Å². The molecule has 3 heterocycles. The minimum absolute atomic E-state index is 0.511. The lowest BCUT2D eigenvalue weighted by molar-refractivity contribution is 0.369. The maximum Gasteiger partial charge on any atom is 0.147 e. The van der Waals surface area contributed by atoms with Gasteiger partial charge < -0.3 is 10.2 Å². The van der Waals surface area contributed by atoms with Gasteiger partial charge >= 0.3 is 0 Å². The van der Waals surface area contributed by atoms with Crippen LogP contribution in [0, 0.1) is 5.41 Å². The normalized spacial score (nSPS) is 31.4. The molecule has 1 spiro atoms. The Morgan fingerprint density at radius 1 is 1.28 bits per heavy atom. The van der Waals surface area contributed by atoms with Crippen molar-refractivity contribution in [1.29, 1.82) is 0 Å². The van der Waals surface area contributed by atoms with Crippen LogP contribution >= 0.6 is 0 Å². The molecule has 4 rings (SSSR count). The standard InChI is InChI=1S/C14H20N4/c1-2-11(1)12-7-16-8-13(17-12)18-6-4-14(10-18)3-5-15-9-14/h7-8,11,15H,1-6,9-10H2. The molecule has 1 unspecified atom stereocenters. The van der Waals surface area contributed by atoms with E-state index in [1.807, 2.05) is 12.4 Å². The number of nitrogens with zero attached hydrogens (tertiary/aromatic N) is 3. The summed E-state index contributed by atoms with van der Waals surface area (Å²) in [6.07, 6.45) is 9.10. The summed E-state index contributed by atoms with van der Waals surface area (Å²) >= 11 is 0. The van der Waals surface area contributed by atoms with Gasteiger partial charge in [-0.25, -0.2) is 4.98 Å². The fourth-order valence-corrected chi connectivity index (χ4v) is 3.37. The zero-order valence-electron chi connectivity index (χ0n) is 10.7. The summed E-state index contributed by atoms with van der Waals surface area (Å²) in [7, 11) is 0. The highest BCUT2D eigenvalue weighted by molar-refractivity contribution is 5.39.